The first kappa shape index (κ1) is 15.2. The third-order valence-corrected chi connectivity index (χ3v) is 4.08. The second-order valence-electron chi connectivity index (χ2n) is 4.93. The third kappa shape index (κ3) is 4.17. The minimum absolute atomic E-state index is 0.303. The molecule has 1 atom stereocenters. The van der Waals surface area contributed by atoms with Gasteiger partial charge in [0.05, 0.1) is 12.6 Å². The van der Waals surface area contributed by atoms with Crippen LogP contribution in [0, 0.1) is 0 Å². The van der Waals surface area contributed by atoms with Crippen molar-refractivity contribution in [3.63, 3.8) is 0 Å². The van der Waals surface area contributed by atoms with Crippen molar-refractivity contribution in [1.82, 2.24) is 5.32 Å². The Hall–Kier alpha value is -1.16. The molecule has 108 valence electrons. The molecule has 1 unspecified atom stereocenters. The van der Waals surface area contributed by atoms with Crippen molar-refractivity contribution in [2.45, 2.75) is 25.8 Å². The van der Waals surface area contributed by atoms with Crippen LogP contribution in [0.15, 0.2) is 41.1 Å². The lowest BCUT2D eigenvalue weighted by Crippen LogP contribution is -2.22. The summed E-state index contributed by atoms with van der Waals surface area (Å²) in [7, 11) is 1.75. The van der Waals surface area contributed by atoms with Crippen molar-refractivity contribution in [2.24, 2.45) is 0 Å². The van der Waals surface area contributed by atoms with Crippen LogP contribution in [-0.4, -0.2) is 20.3 Å². The van der Waals surface area contributed by atoms with Crippen LogP contribution >= 0.6 is 11.3 Å². The van der Waals surface area contributed by atoms with E-state index in [0.29, 0.717) is 6.04 Å². The Kier molecular flexibility index (Phi) is 6.25. The number of methoxy groups -OCH3 is 1. The number of nitrogens with one attached hydrogen (secondary N) is 1. The van der Waals surface area contributed by atoms with E-state index in [1.807, 2.05) is 0 Å². The van der Waals surface area contributed by atoms with E-state index in [2.05, 4.69) is 53.3 Å². The number of hydrogen-bond acceptors (Lipinski definition) is 3. The fraction of sp³-hybridized carbons (Fsp3) is 0.412. The van der Waals surface area contributed by atoms with E-state index in [0.717, 1.165) is 26.0 Å². The Morgan fingerprint density at radius 1 is 1.15 bits per heavy atom. The highest BCUT2D eigenvalue weighted by Crippen LogP contribution is 2.24. The van der Waals surface area contributed by atoms with Gasteiger partial charge in [0.2, 0.25) is 0 Å². The van der Waals surface area contributed by atoms with E-state index in [4.69, 9.17) is 4.74 Å². The molecule has 0 amide bonds. The summed E-state index contributed by atoms with van der Waals surface area (Å²) in [5.41, 5.74) is 4.02. The molecule has 0 aliphatic rings. The first-order chi connectivity index (χ1) is 9.85. The molecule has 1 aromatic carbocycles. The van der Waals surface area contributed by atoms with Gasteiger partial charge in [-0.05, 0) is 52.9 Å². The first-order valence-corrected chi connectivity index (χ1v) is 8.12. The quantitative estimate of drug-likeness (QED) is 0.792. The molecule has 0 saturated carbocycles. The van der Waals surface area contributed by atoms with Gasteiger partial charge in [-0.25, -0.2) is 0 Å². The lowest BCUT2D eigenvalue weighted by atomic mass is 9.99. The van der Waals surface area contributed by atoms with E-state index >= 15 is 0 Å². The Balaban J connectivity index is 2.12. The summed E-state index contributed by atoms with van der Waals surface area (Å²) in [5.74, 6) is 0. The second-order valence-corrected chi connectivity index (χ2v) is 5.71. The van der Waals surface area contributed by atoms with E-state index in [9.17, 15) is 0 Å². The third-order valence-electron chi connectivity index (χ3n) is 3.38. The average molecular weight is 289 g/mol. The molecule has 20 heavy (non-hydrogen) atoms. The van der Waals surface area contributed by atoms with Gasteiger partial charge >= 0.3 is 0 Å². The van der Waals surface area contributed by atoms with Gasteiger partial charge < -0.3 is 10.1 Å². The summed E-state index contributed by atoms with van der Waals surface area (Å²) in [6.45, 7) is 4.01. The molecule has 1 aromatic heterocycles. The molecular weight excluding hydrogens is 266 g/mol. The predicted octanol–water partition coefficient (Wildman–Crippen LogP) is 4.03. The standard InChI is InChI=1S/C17H23NOS/c1-3-10-18-17(16-9-12-20-13-16)15-6-4-14(5-7-15)8-11-19-2/h4-7,9,12-13,17-18H,3,8,10-11H2,1-2H3. The van der Waals surface area contributed by atoms with Crippen LogP contribution in [0.3, 0.4) is 0 Å². The lowest BCUT2D eigenvalue weighted by molar-refractivity contribution is 0.202. The SMILES string of the molecule is CCCNC(c1ccc(CCOC)cc1)c1ccsc1. The van der Waals surface area contributed by atoms with E-state index in [1.54, 1.807) is 18.4 Å². The lowest BCUT2D eigenvalue weighted by Gasteiger charge is -2.18. The smallest absolute Gasteiger partial charge is 0.0584 e. The Morgan fingerprint density at radius 2 is 1.95 bits per heavy atom. The zero-order valence-corrected chi connectivity index (χ0v) is 13.1. The molecule has 1 N–H and O–H groups in total. The summed E-state index contributed by atoms with van der Waals surface area (Å²) in [6.07, 6.45) is 2.12. The maximum absolute atomic E-state index is 5.12. The molecule has 2 nitrogen and oxygen atoms in total. The Bertz CT molecular complexity index is 478. The van der Waals surface area contributed by atoms with Gasteiger partial charge in [-0.15, -0.1) is 0 Å². The topological polar surface area (TPSA) is 21.3 Å². The Morgan fingerprint density at radius 3 is 2.55 bits per heavy atom. The van der Waals surface area contributed by atoms with Gasteiger partial charge in [-0.3, -0.25) is 0 Å². The highest BCUT2D eigenvalue weighted by Gasteiger charge is 2.13. The monoisotopic (exact) mass is 289 g/mol. The van der Waals surface area contributed by atoms with Crippen LogP contribution in [0.5, 0.6) is 0 Å². The highest BCUT2D eigenvalue weighted by molar-refractivity contribution is 7.08. The van der Waals surface area contributed by atoms with Gasteiger partial charge in [0.15, 0.2) is 0 Å². The average Bonchev–Trinajstić information content (AvgIpc) is 3.01. The highest BCUT2D eigenvalue weighted by atomic mass is 32.1. The fourth-order valence-corrected chi connectivity index (χ4v) is 2.94. The van der Waals surface area contributed by atoms with Crippen LogP contribution < -0.4 is 5.32 Å². The molecule has 0 aliphatic heterocycles. The summed E-state index contributed by atoms with van der Waals surface area (Å²) in [6, 6.07) is 11.4. The van der Waals surface area contributed by atoms with Crippen molar-refractivity contribution in [1.29, 1.82) is 0 Å². The van der Waals surface area contributed by atoms with Crippen LogP contribution in [0.4, 0.5) is 0 Å². The summed E-state index contributed by atoms with van der Waals surface area (Å²) in [4.78, 5) is 0. The molecule has 2 rings (SSSR count). The molecular formula is C17H23NOS. The molecule has 0 aliphatic carbocycles. The van der Waals surface area contributed by atoms with Gasteiger partial charge in [0, 0.05) is 7.11 Å². The molecule has 0 radical (unpaired) electrons. The summed E-state index contributed by atoms with van der Waals surface area (Å²) in [5, 5.41) is 8.00. The number of ether oxygens (including phenoxy) is 1. The zero-order valence-electron chi connectivity index (χ0n) is 12.3. The van der Waals surface area contributed by atoms with Crippen molar-refractivity contribution in [2.75, 3.05) is 20.3 Å². The summed E-state index contributed by atoms with van der Waals surface area (Å²) >= 11 is 1.75. The molecule has 0 saturated heterocycles. The largest absolute Gasteiger partial charge is 0.384 e. The number of thiophene rings is 1. The van der Waals surface area contributed by atoms with E-state index in [1.165, 1.54) is 16.7 Å². The van der Waals surface area contributed by atoms with Crippen molar-refractivity contribution < 1.29 is 4.74 Å². The van der Waals surface area contributed by atoms with Crippen LogP contribution in [0.1, 0.15) is 36.1 Å². The van der Waals surface area contributed by atoms with Crippen molar-refractivity contribution >= 4 is 11.3 Å². The molecule has 0 spiro atoms. The van der Waals surface area contributed by atoms with E-state index in [-0.39, 0.29) is 0 Å². The van der Waals surface area contributed by atoms with Crippen molar-refractivity contribution in [3.8, 4) is 0 Å². The number of benzene rings is 1. The molecule has 2 aromatic rings. The zero-order chi connectivity index (χ0) is 14.2. The van der Waals surface area contributed by atoms with Gasteiger partial charge in [0.25, 0.3) is 0 Å². The minimum atomic E-state index is 0.303. The van der Waals surface area contributed by atoms with Crippen molar-refractivity contribution in [3.05, 3.63) is 57.8 Å². The molecule has 0 fully saturated rings. The van der Waals surface area contributed by atoms with E-state index < -0.39 is 0 Å². The molecule has 0 bridgehead atoms. The second kappa shape index (κ2) is 8.20. The molecule has 3 heteroatoms. The maximum atomic E-state index is 5.12. The summed E-state index contributed by atoms with van der Waals surface area (Å²) < 4.78 is 5.12. The fourth-order valence-electron chi connectivity index (χ4n) is 2.25. The van der Waals surface area contributed by atoms with Crippen LogP contribution in [-0.2, 0) is 11.2 Å². The predicted molar refractivity (Wildman–Crippen MR) is 86.5 cm³/mol. The molecule has 1 heterocycles. The maximum Gasteiger partial charge on any atom is 0.0584 e. The van der Waals surface area contributed by atoms with Gasteiger partial charge in [-0.2, -0.15) is 11.3 Å². The van der Waals surface area contributed by atoms with Gasteiger partial charge in [-0.1, -0.05) is 31.2 Å². The number of hydrogen-bond donors (Lipinski definition) is 1. The number of rotatable bonds is 8. The normalized spacial score (nSPS) is 12.5. The van der Waals surface area contributed by atoms with Crippen LogP contribution in [0.25, 0.3) is 0 Å². The first-order valence-electron chi connectivity index (χ1n) is 7.18. The minimum Gasteiger partial charge on any atom is -0.384 e. The van der Waals surface area contributed by atoms with Gasteiger partial charge in [0.1, 0.15) is 0 Å². The Labute approximate surface area is 125 Å². The van der Waals surface area contributed by atoms with Crippen LogP contribution in [0.2, 0.25) is 0 Å².